The summed E-state index contributed by atoms with van der Waals surface area (Å²) < 4.78 is 5.80. The molecule has 2 rings (SSSR count). The molecule has 3 amide bonds. The highest BCUT2D eigenvalue weighted by atomic mass is 16.3. The van der Waals surface area contributed by atoms with Gasteiger partial charge in [-0.3, -0.25) is 4.79 Å². The molecule has 1 heterocycles. The summed E-state index contributed by atoms with van der Waals surface area (Å²) in [6, 6.07) is 6.88. The summed E-state index contributed by atoms with van der Waals surface area (Å²) in [6.45, 7) is 4.05. The number of hydrogen-bond acceptors (Lipinski definition) is 3. The van der Waals surface area contributed by atoms with Gasteiger partial charge in [-0.25, -0.2) is 4.79 Å². The lowest BCUT2D eigenvalue weighted by atomic mass is 10.1. The number of furan rings is 1. The molecule has 0 aliphatic rings. The number of rotatable bonds is 5. The van der Waals surface area contributed by atoms with Crippen molar-refractivity contribution in [3.05, 3.63) is 35.6 Å². The number of amides is 3. The molecule has 6 heteroatoms. The van der Waals surface area contributed by atoms with Gasteiger partial charge in [0.1, 0.15) is 11.3 Å². The number of benzene rings is 1. The molecule has 1 aromatic carbocycles. The number of urea groups is 1. The fourth-order valence-corrected chi connectivity index (χ4v) is 2.28. The average Bonchev–Trinajstić information content (AvgIpc) is 2.76. The van der Waals surface area contributed by atoms with Crippen molar-refractivity contribution in [2.45, 2.75) is 26.3 Å². The van der Waals surface area contributed by atoms with Crippen LogP contribution >= 0.6 is 0 Å². The monoisotopic (exact) mass is 289 g/mol. The molecular weight excluding hydrogens is 270 g/mol. The van der Waals surface area contributed by atoms with Gasteiger partial charge in [0.05, 0.1) is 6.04 Å². The van der Waals surface area contributed by atoms with E-state index in [4.69, 9.17) is 10.2 Å². The zero-order chi connectivity index (χ0) is 15.4. The second-order valence-corrected chi connectivity index (χ2v) is 4.92. The van der Waals surface area contributed by atoms with Gasteiger partial charge < -0.3 is 20.8 Å². The third kappa shape index (κ3) is 3.53. The normalized spacial score (nSPS) is 12.1. The second kappa shape index (κ2) is 6.30. The SMILES string of the molecule is Cc1c([C@@H](C)NC(=O)CCNC(N)=O)oc2ccccc12. The standard InChI is InChI=1S/C15H19N3O3/c1-9-11-5-3-4-6-12(11)21-14(9)10(2)18-13(19)7-8-17-15(16)20/h3-6,10H,7-8H2,1-2H3,(H,18,19)(H3,16,17,20)/t10-/m1/s1. The maximum atomic E-state index is 11.8. The van der Waals surface area contributed by atoms with Crippen LogP contribution in [0.4, 0.5) is 4.79 Å². The van der Waals surface area contributed by atoms with E-state index in [1.807, 2.05) is 38.1 Å². The molecule has 4 N–H and O–H groups in total. The number of hydrogen-bond donors (Lipinski definition) is 3. The van der Waals surface area contributed by atoms with Gasteiger partial charge in [0, 0.05) is 23.9 Å². The van der Waals surface area contributed by atoms with E-state index >= 15 is 0 Å². The minimum absolute atomic E-state index is 0.170. The molecular formula is C15H19N3O3. The van der Waals surface area contributed by atoms with E-state index in [1.54, 1.807) is 0 Å². The van der Waals surface area contributed by atoms with Crippen LogP contribution in [-0.2, 0) is 4.79 Å². The Balaban J connectivity index is 2.01. The van der Waals surface area contributed by atoms with Crippen LogP contribution in [0.15, 0.2) is 28.7 Å². The van der Waals surface area contributed by atoms with Crippen molar-refractivity contribution >= 4 is 22.9 Å². The van der Waals surface area contributed by atoms with E-state index in [1.165, 1.54) is 0 Å². The Labute approximate surface area is 122 Å². The van der Waals surface area contributed by atoms with Gasteiger partial charge in [0.25, 0.3) is 0 Å². The highest BCUT2D eigenvalue weighted by molar-refractivity contribution is 5.82. The van der Waals surface area contributed by atoms with Gasteiger partial charge in [-0.15, -0.1) is 0 Å². The van der Waals surface area contributed by atoms with Gasteiger partial charge >= 0.3 is 6.03 Å². The van der Waals surface area contributed by atoms with Crippen LogP contribution in [0.1, 0.15) is 30.7 Å². The fourth-order valence-electron chi connectivity index (χ4n) is 2.28. The largest absolute Gasteiger partial charge is 0.459 e. The maximum absolute atomic E-state index is 11.8. The Bertz CT molecular complexity index is 663. The number of aryl methyl sites for hydroxylation is 1. The number of primary amides is 1. The predicted octanol–water partition coefficient (Wildman–Crippen LogP) is 1.98. The van der Waals surface area contributed by atoms with Crippen molar-refractivity contribution in [3.8, 4) is 0 Å². The molecule has 0 bridgehead atoms. The zero-order valence-electron chi connectivity index (χ0n) is 12.1. The van der Waals surface area contributed by atoms with Crippen LogP contribution in [-0.4, -0.2) is 18.5 Å². The third-order valence-electron chi connectivity index (χ3n) is 3.30. The lowest BCUT2D eigenvalue weighted by molar-refractivity contribution is -0.121. The molecule has 0 aliphatic carbocycles. The fraction of sp³-hybridized carbons (Fsp3) is 0.333. The minimum atomic E-state index is -0.635. The molecule has 6 nitrogen and oxygen atoms in total. The summed E-state index contributed by atoms with van der Waals surface area (Å²) in [5, 5.41) is 6.27. The van der Waals surface area contributed by atoms with Gasteiger partial charge in [0.15, 0.2) is 0 Å². The van der Waals surface area contributed by atoms with Crippen LogP contribution in [0, 0.1) is 6.92 Å². The van der Waals surface area contributed by atoms with Crippen LogP contribution in [0.25, 0.3) is 11.0 Å². The quantitative estimate of drug-likeness (QED) is 0.785. The molecule has 0 radical (unpaired) electrons. The molecule has 0 saturated heterocycles. The molecule has 2 aromatic rings. The number of fused-ring (bicyclic) bond motifs is 1. The molecule has 0 fully saturated rings. The van der Waals surface area contributed by atoms with E-state index in [2.05, 4.69) is 10.6 Å². The number of para-hydroxylation sites is 1. The molecule has 0 saturated carbocycles. The Morgan fingerprint density at radius 3 is 2.71 bits per heavy atom. The van der Waals surface area contributed by atoms with E-state index in [0.717, 1.165) is 22.3 Å². The van der Waals surface area contributed by atoms with Gasteiger partial charge in [-0.2, -0.15) is 0 Å². The van der Waals surface area contributed by atoms with Crippen LogP contribution in [0.3, 0.4) is 0 Å². The van der Waals surface area contributed by atoms with Crippen molar-refractivity contribution in [2.24, 2.45) is 5.73 Å². The summed E-state index contributed by atoms with van der Waals surface area (Å²) in [4.78, 5) is 22.3. The van der Waals surface area contributed by atoms with Gasteiger partial charge in [-0.05, 0) is 19.9 Å². The van der Waals surface area contributed by atoms with Crippen molar-refractivity contribution in [2.75, 3.05) is 6.54 Å². The summed E-state index contributed by atoms with van der Waals surface area (Å²) in [6.07, 6.45) is 0.173. The zero-order valence-corrected chi connectivity index (χ0v) is 12.1. The Morgan fingerprint density at radius 2 is 2.05 bits per heavy atom. The van der Waals surface area contributed by atoms with E-state index in [0.29, 0.717) is 0 Å². The Kier molecular flexibility index (Phi) is 4.47. The van der Waals surface area contributed by atoms with Gasteiger partial charge in [0.2, 0.25) is 5.91 Å². The predicted molar refractivity (Wildman–Crippen MR) is 79.7 cm³/mol. The first-order chi connectivity index (χ1) is 9.99. The van der Waals surface area contributed by atoms with Gasteiger partial charge in [-0.1, -0.05) is 18.2 Å². The molecule has 0 aliphatic heterocycles. The summed E-state index contributed by atoms with van der Waals surface area (Å²) >= 11 is 0. The summed E-state index contributed by atoms with van der Waals surface area (Å²) in [5.74, 6) is 0.573. The van der Waals surface area contributed by atoms with Crippen molar-refractivity contribution in [1.82, 2.24) is 10.6 Å². The first-order valence-corrected chi connectivity index (χ1v) is 6.79. The third-order valence-corrected chi connectivity index (χ3v) is 3.30. The van der Waals surface area contributed by atoms with Crippen molar-refractivity contribution in [3.63, 3.8) is 0 Å². The maximum Gasteiger partial charge on any atom is 0.312 e. The highest BCUT2D eigenvalue weighted by Gasteiger charge is 2.17. The molecule has 0 unspecified atom stereocenters. The Hall–Kier alpha value is -2.50. The number of carbonyl (C=O) groups excluding carboxylic acids is 2. The first kappa shape index (κ1) is 14.9. The van der Waals surface area contributed by atoms with Crippen LogP contribution < -0.4 is 16.4 Å². The van der Waals surface area contributed by atoms with Crippen LogP contribution in [0.5, 0.6) is 0 Å². The van der Waals surface area contributed by atoms with E-state index < -0.39 is 6.03 Å². The lowest BCUT2D eigenvalue weighted by Crippen LogP contribution is -2.34. The number of nitrogens with one attached hydrogen (secondary N) is 2. The molecule has 1 aromatic heterocycles. The highest BCUT2D eigenvalue weighted by Crippen LogP contribution is 2.29. The minimum Gasteiger partial charge on any atom is -0.459 e. The Morgan fingerprint density at radius 1 is 1.33 bits per heavy atom. The topological polar surface area (TPSA) is 97.4 Å². The van der Waals surface area contributed by atoms with Crippen molar-refractivity contribution < 1.29 is 14.0 Å². The summed E-state index contributed by atoms with van der Waals surface area (Å²) in [7, 11) is 0. The lowest BCUT2D eigenvalue weighted by Gasteiger charge is -2.12. The molecule has 21 heavy (non-hydrogen) atoms. The number of nitrogens with two attached hydrogens (primary N) is 1. The smallest absolute Gasteiger partial charge is 0.312 e. The second-order valence-electron chi connectivity index (χ2n) is 4.92. The van der Waals surface area contributed by atoms with Crippen LogP contribution in [0.2, 0.25) is 0 Å². The number of carbonyl (C=O) groups is 2. The molecule has 1 atom stereocenters. The van der Waals surface area contributed by atoms with E-state index in [9.17, 15) is 9.59 Å². The summed E-state index contributed by atoms with van der Waals surface area (Å²) in [5.41, 5.74) is 6.77. The average molecular weight is 289 g/mol. The first-order valence-electron chi connectivity index (χ1n) is 6.79. The van der Waals surface area contributed by atoms with E-state index in [-0.39, 0.29) is 24.9 Å². The van der Waals surface area contributed by atoms with Crippen molar-refractivity contribution in [1.29, 1.82) is 0 Å². The molecule has 0 spiro atoms. The molecule has 112 valence electrons.